The highest BCUT2D eigenvalue weighted by atomic mass is 16.2. The molecule has 0 aromatic rings. The summed E-state index contributed by atoms with van der Waals surface area (Å²) in [5.74, 6) is 1.81. The van der Waals surface area contributed by atoms with Gasteiger partial charge in [-0.2, -0.15) is 0 Å². The Balaban J connectivity index is 1.59. The molecule has 1 saturated carbocycles. The van der Waals surface area contributed by atoms with Gasteiger partial charge in [0.15, 0.2) is 5.96 Å². The summed E-state index contributed by atoms with van der Waals surface area (Å²) in [7, 11) is 0. The minimum Gasteiger partial charge on any atom is -0.357 e. The third-order valence-corrected chi connectivity index (χ3v) is 5.81. The topological polar surface area (TPSA) is 85.8 Å². The molecular formula is C22H41N5O2. The zero-order valence-corrected chi connectivity index (χ0v) is 18.3. The first kappa shape index (κ1) is 23.5. The molecule has 29 heavy (non-hydrogen) atoms. The van der Waals surface area contributed by atoms with Crippen molar-refractivity contribution >= 4 is 17.8 Å². The molecule has 0 atom stereocenters. The van der Waals surface area contributed by atoms with Crippen LogP contribution in [0.5, 0.6) is 0 Å². The summed E-state index contributed by atoms with van der Waals surface area (Å²) in [5, 5.41) is 9.54. The normalized spacial score (nSPS) is 19.0. The Morgan fingerprint density at radius 1 is 1.03 bits per heavy atom. The highest BCUT2D eigenvalue weighted by Crippen LogP contribution is 2.25. The molecule has 7 nitrogen and oxygen atoms in total. The van der Waals surface area contributed by atoms with Gasteiger partial charge in [0, 0.05) is 52.1 Å². The van der Waals surface area contributed by atoms with Gasteiger partial charge in [-0.25, -0.2) is 0 Å². The lowest BCUT2D eigenvalue weighted by Crippen LogP contribution is -2.42. The first-order chi connectivity index (χ1) is 14.2. The number of hydrogen-bond acceptors (Lipinski definition) is 3. The molecule has 3 N–H and O–H groups in total. The number of nitrogens with one attached hydrogen (secondary N) is 3. The van der Waals surface area contributed by atoms with Crippen molar-refractivity contribution < 1.29 is 9.59 Å². The predicted molar refractivity (Wildman–Crippen MR) is 118 cm³/mol. The highest BCUT2D eigenvalue weighted by Gasteiger charge is 2.17. The molecule has 0 aromatic carbocycles. The lowest BCUT2D eigenvalue weighted by Gasteiger charge is -2.21. The van der Waals surface area contributed by atoms with Crippen LogP contribution in [-0.2, 0) is 9.59 Å². The van der Waals surface area contributed by atoms with E-state index >= 15 is 0 Å². The predicted octanol–water partition coefficient (Wildman–Crippen LogP) is 2.42. The van der Waals surface area contributed by atoms with Crippen molar-refractivity contribution in [2.45, 2.75) is 77.6 Å². The number of aliphatic imine (C=N–C) groups is 1. The molecule has 166 valence electrons. The number of hydrogen-bond donors (Lipinski definition) is 3. The van der Waals surface area contributed by atoms with Crippen molar-refractivity contribution in [2.75, 3.05) is 39.3 Å². The molecule has 1 aliphatic carbocycles. The maximum absolute atomic E-state index is 12.1. The molecule has 0 bridgehead atoms. The number of likely N-dealkylation sites (tertiary alicyclic amines) is 1. The number of nitrogens with zero attached hydrogens (tertiary/aromatic N) is 2. The van der Waals surface area contributed by atoms with Crippen LogP contribution in [-0.4, -0.2) is 61.9 Å². The summed E-state index contributed by atoms with van der Waals surface area (Å²) < 4.78 is 0. The first-order valence-electron chi connectivity index (χ1n) is 11.8. The van der Waals surface area contributed by atoms with Gasteiger partial charge in [-0.1, -0.05) is 25.7 Å². The maximum atomic E-state index is 12.1. The fourth-order valence-electron chi connectivity index (χ4n) is 4.18. The Hall–Kier alpha value is -1.79. The Morgan fingerprint density at radius 2 is 1.79 bits per heavy atom. The van der Waals surface area contributed by atoms with Crippen LogP contribution >= 0.6 is 0 Å². The van der Waals surface area contributed by atoms with Crippen molar-refractivity contribution in [3.63, 3.8) is 0 Å². The van der Waals surface area contributed by atoms with Crippen LogP contribution < -0.4 is 16.0 Å². The van der Waals surface area contributed by atoms with Gasteiger partial charge in [-0.15, -0.1) is 0 Å². The van der Waals surface area contributed by atoms with Gasteiger partial charge in [0.25, 0.3) is 0 Å². The van der Waals surface area contributed by atoms with Crippen LogP contribution in [0.3, 0.4) is 0 Å². The molecule has 7 heteroatoms. The van der Waals surface area contributed by atoms with Gasteiger partial charge in [-0.3, -0.25) is 14.6 Å². The Labute approximate surface area is 176 Å². The summed E-state index contributed by atoms with van der Waals surface area (Å²) in [6.07, 6.45) is 11.8. The molecular weight excluding hydrogens is 366 g/mol. The van der Waals surface area contributed by atoms with Crippen molar-refractivity contribution in [3.05, 3.63) is 0 Å². The fourth-order valence-corrected chi connectivity index (χ4v) is 4.18. The number of guanidine groups is 1. The number of carbonyl (C=O) groups is 2. The van der Waals surface area contributed by atoms with Gasteiger partial charge >= 0.3 is 0 Å². The van der Waals surface area contributed by atoms with E-state index in [0.29, 0.717) is 44.3 Å². The van der Waals surface area contributed by atoms with E-state index in [1.165, 1.54) is 32.1 Å². The molecule has 2 aliphatic rings. The summed E-state index contributed by atoms with van der Waals surface area (Å²) in [5.41, 5.74) is 0. The molecule has 2 rings (SSSR count). The minimum absolute atomic E-state index is 0.169. The van der Waals surface area contributed by atoms with Crippen molar-refractivity contribution in [2.24, 2.45) is 10.9 Å². The zero-order valence-electron chi connectivity index (χ0n) is 18.3. The van der Waals surface area contributed by atoms with E-state index in [2.05, 4.69) is 20.9 Å². The Kier molecular flexibility index (Phi) is 11.5. The molecule has 2 fully saturated rings. The van der Waals surface area contributed by atoms with Crippen molar-refractivity contribution in [3.8, 4) is 0 Å². The lowest BCUT2D eigenvalue weighted by molar-refractivity contribution is -0.130. The summed E-state index contributed by atoms with van der Waals surface area (Å²) in [6, 6.07) is 0. The van der Waals surface area contributed by atoms with Gasteiger partial charge in [0.2, 0.25) is 11.8 Å². The highest BCUT2D eigenvalue weighted by molar-refractivity contribution is 5.80. The number of amides is 2. The van der Waals surface area contributed by atoms with E-state index in [1.54, 1.807) is 0 Å². The fraction of sp³-hybridized carbons (Fsp3) is 0.864. The molecule has 1 aliphatic heterocycles. The molecule has 1 heterocycles. The lowest BCUT2D eigenvalue weighted by atomic mass is 9.87. The Bertz CT molecular complexity index is 517. The standard InChI is InChI=1S/C22H41N5O2/c1-2-23-22(25-13-9-17-27-16-8-4-7-12-21(27)29)26-15-14-24-20(28)18-19-10-5-3-6-11-19/h19H,2-18H2,1H3,(H,24,28)(H2,23,25,26). The molecule has 0 unspecified atom stereocenters. The quantitative estimate of drug-likeness (QED) is 0.295. The molecule has 0 spiro atoms. The number of carbonyl (C=O) groups excluding carboxylic acids is 2. The van der Waals surface area contributed by atoms with E-state index in [0.717, 1.165) is 51.3 Å². The smallest absolute Gasteiger partial charge is 0.222 e. The summed E-state index contributed by atoms with van der Waals surface area (Å²) in [4.78, 5) is 30.7. The van der Waals surface area contributed by atoms with Crippen LogP contribution in [0.2, 0.25) is 0 Å². The summed E-state index contributed by atoms with van der Waals surface area (Å²) >= 11 is 0. The Morgan fingerprint density at radius 3 is 2.59 bits per heavy atom. The average molecular weight is 408 g/mol. The van der Waals surface area contributed by atoms with Gasteiger partial charge < -0.3 is 20.9 Å². The van der Waals surface area contributed by atoms with Crippen LogP contribution in [0, 0.1) is 5.92 Å². The monoisotopic (exact) mass is 407 g/mol. The SMILES string of the molecule is CCNC(=NCCCN1CCCCCC1=O)NCCNC(=O)CC1CCCCC1. The third-order valence-electron chi connectivity index (χ3n) is 5.81. The van der Waals surface area contributed by atoms with Gasteiger partial charge in [-0.05, 0) is 44.9 Å². The third kappa shape index (κ3) is 9.99. The van der Waals surface area contributed by atoms with E-state index in [4.69, 9.17) is 0 Å². The summed E-state index contributed by atoms with van der Waals surface area (Å²) in [6.45, 7) is 6.47. The second kappa shape index (κ2) is 14.2. The second-order valence-electron chi connectivity index (χ2n) is 8.29. The van der Waals surface area contributed by atoms with E-state index in [-0.39, 0.29) is 5.91 Å². The van der Waals surface area contributed by atoms with Crippen LogP contribution in [0.15, 0.2) is 4.99 Å². The van der Waals surface area contributed by atoms with E-state index in [1.807, 2.05) is 11.8 Å². The average Bonchev–Trinajstić information content (AvgIpc) is 2.93. The van der Waals surface area contributed by atoms with E-state index in [9.17, 15) is 9.59 Å². The zero-order chi connectivity index (χ0) is 20.7. The van der Waals surface area contributed by atoms with Crippen molar-refractivity contribution in [1.29, 1.82) is 0 Å². The molecule has 1 saturated heterocycles. The van der Waals surface area contributed by atoms with Crippen LogP contribution in [0.4, 0.5) is 0 Å². The van der Waals surface area contributed by atoms with Crippen molar-refractivity contribution in [1.82, 2.24) is 20.9 Å². The molecule has 0 radical (unpaired) electrons. The second-order valence-corrected chi connectivity index (χ2v) is 8.29. The molecule has 0 aromatic heterocycles. The van der Waals surface area contributed by atoms with Crippen LogP contribution in [0.1, 0.15) is 77.6 Å². The first-order valence-corrected chi connectivity index (χ1v) is 11.8. The van der Waals surface area contributed by atoms with E-state index < -0.39 is 0 Å². The maximum Gasteiger partial charge on any atom is 0.222 e. The minimum atomic E-state index is 0.169. The molecule has 2 amide bonds. The van der Waals surface area contributed by atoms with Gasteiger partial charge in [0.1, 0.15) is 0 Å². The largest absolute Gasteiger partial charge is 0.357 e. The van der Waals surface area contributed by atoms with Gasteiger partial charge in [0.05, 0.1) is 0 Å². The number of rotatable bonds is 10. The van der Waals surface area contributed by atoms with Crippen LogP contribution in [0.25, 0.3) is 0 Å².